The van der Waals surface area contributed by atoms with E-state index in [-0.39, 0.29) is 28.9 Å². The summed E-state index contributed by atoms with van der Waals surface area (Å²) in [6, 6.07) is 26.6. The molecule has 0 saturated heterocycles. The number of aliphatic carboxylic acids is 1. The van der Waals surface area contributed by atoms with Gasteiger partial charge in [0.25, 0.3) is 0 Å². The minimum Gasteiger partial charge on any atom is -1.00 e. The van der Waals surface area contributed by atoms with Gasteiger partial charge in [-0.3, -0.25) is 4.57 Å². The molecule has 0 spiro atoms. The largest absolute Gasteiger partial charge is 2.00 e. The van der Waals surface area contributed by atoms with Crippen LogP contribution in [0, 0.1) is 27.7 Å². The Morgan fingerprint density at radius 3 is 1.73 bits per heavy atom. The van der Waals surface area contributed by atoms with Gasteiger partial charge in [-0.2, -0.15) is 26.0 Å². The van der Waals surface area contributed by atoms with Crippen molar-refractivity contribution in [2.45, 2.75) is 46.7 Å². The maximum atomic E-state index is 12.5. The number of hydrogen-bond acceptors (Lipinski definition) is 6. The fraction of sp³-hybridized carbons (Fsp3) is 0.293. The van der Waals surface area contributed by atoms with Gasteiger partial charge < -0.3 is 49.5 Å². The summed E-state index contributed by atoms with van der Waals surface area (Å²) in [4.78, 5) is 8.78. The maximum absolute atomic E-state index is 12.5. The van der Waals surface area contributed by atoms with E-state index in [9.17, 15) is 17.7 Å². The molecule has 0 saturated carbocycles. The first-order chi connectivity index (χ1) is 24.9. The molecule has 14 heteroatoms. The molecule has 6 rings (SSSR count). The molecule has 1 unspecified atom stereocenters. The van der Waals surface area contributed by atoms with E-state index in [1.54, 1.807) is 0 Å². The molecule has 302 valence electrons. The van der Waals surface area contributed by atoms with Gasteiger partial charge >= 0.3 is 22.7 Å². The van der Waals surface area contributed by atoms with Gasteiger partial charge in [-0.05, 0) is 55.3 Å². The van der Waals surface area contributed by atoms with Crippen molar-refractivity contribution in [1.82, 2.24) is 9.15 Å². The summed E-state index contributed by atoms with van der Waals surface area (Å²) >= 11 is 0. The van der Waals surface area contributed by atoms with Crippen LogP contribution in [-0.4, -0.2) is 47.4 Å². The maximum Gasteiger partial charge on any atom is 2.00 e. The summed E-state index contributed by atoms with van der Waals surface area (Å²) in [6.07, 6.45) is -3.19. The fourth-order valence-corrected chi connectivity index (χ4v) is 5.79. The number of rotatable bonds is 2. The number of aryl methyl sites for hydroxylation is 2. The zero-order valence-electron chi connectivity index (χ0n) is 32.5. The van der Waals surface area contributed by atoms with E-state index < -0.39 is 20.2 Å². The first-order valence-electron chi connectivity index (χ1n) is 16.8. The zero-order chi connectivity index (χ0) is 40.0. The predicted molar refractivity (Wildman–Crippen MR) is 207 cm³/mol. The Hall–Kier alpha value is -3.95. The minimum atomic E-state index is -5.19. The quantitative estimate of drug-likeness (QED) is 0.0851. The number of benzene rings is 4. The fourth-order valence-electron chi connectivity index (χ4n) is 4.73. The first kappa shape index (κ1) is 51.1. The molecule has 0 radical (unpaired) electrons. The molecule has 2 aliphatic carbocycles. The van der Waals surface area contributed by atoms with E-state index in [0.717, 1.165) is 79.0 Å². The van der Waals surface area contributed by atoms with Crippen molar-refractivity contribution in [3.8, 4) is 22.6 Å². The Morgan fingerprint density at radius 2 is 1.24 bits per heavy atom. The number of fused-ring (bicyclic) bond motifs is 4. The molecule has 4 aliphatic rings. The summed E-state index contributed by atoms with van der Waals surface area (Å²) in [6.45, 7) is 15.1. The topological polar surface area (TPSA) is 98.7 Å². The zero-order valence-corrected chi connectivity index (χ0v) is 35.2. The van der Waals surface area contributed by atoms with Crippen LogP contribution >= 0.6 is 8.03 Å². The van der Waals surface area contributed by atoms with Crippen molar-refractivity contribution in [2.75, 3.05) is 35.3 Å². The van der Waals surface area contributed by atoms with E-state index in [0.29, 0.717) is 0 Å². The summed E-state index contributed by atoms with van der Waals surface area (Å²) in [5.41, 5.74) is 5.97. The summed E-state index contributed by atoms with van der Waals surface area (Å²) in [7, 11) is 7.18. The molecular weight excluding hydrogens is 799 g/mol. The first-order valence-corrected chi connectivity index (χ1v) is 18.1. The smallest absolute Gasteiger partial charge is 1.00 e. The van der Waals surface area contributed by atoms with Gasteiger partial charge in [-0.15, -0.1) is 0 Å². The third-order valence-electron chi connectivity index (χ3n) is 7.21. The molecule has 0 N–H and O–H groups in total. The Bertz CT molecular complexity index is 2240. The molecule has 0 bridgehead atoms. The number of carboxylic acid groups (broad SMARTS) is 1. The molecule has 2 aliphatic heterocycles. The SMILES string of the molecule is CO[PH](=O)c1c2ccc(=[N+](C)C)cc-2oc2cc(C)ccc12.Cc1ccc2cc3ccc(=[N+](C)C)cc-3oc2c1.O=C([O-])C(F)(F)F.[CH2-]CC.[CH2-]CC.[Cl-].[Ni+2]. The van der Waals surface area contributed by atoms with Crippen LogP contribution < -0.4 is 42.7 Å². The van der Waals surface area contributed by atoms with E-state index in [2.05, 4.69) is 67.8 Å². The van der Waals surface area contributed by atoms with E-state index >= 15 is 0 Å². The summed E-state index contributed by atoms with van der Waals surface area (Å²) < 4.78 is 65.3. The Kier molecular flexibility index (Phi) is 22.1. The summed E-state index contributed by atoms with van der Waals surface area (Å²) in [5.74, 6) is -1.36. The van der Waals surface area contributed by atoms with Crippen molar-refractivity contribution < 1.29 is 69.9 Å². The molecule has 8 nitrogen and oxygen atoms in total. The van der Waals surface area contributed by atoms with E-state index in [4.69, 9.17) is 23.3 Å². The second-order valence-electron chi connectivity index (χ2n) is 12.2. The number of carbonyl (C=O) groups excluding carboxylic acids is 1. The molecule has 0 fully saturated rings. The Labute approximate surface area is 338 Å². The van der Waals surface area contributed by atoms with E-state index in [1.807, 2.05) is 89.9 Å². The number of carbonyl (C=O) groups is 1. The number of alkyl halides is 3. The predicted octanol–water partition coefficient (Wildman–Crippen LogP) is 4.26. The molecule has 2 heterocycles. The van der Waals surface area contributed by atoms with Crippen molar-refractivity contribution in [1.29, 1.82) is 0 Å². The molecule has 2 aromatic rings. The van der Waals surface area contributed by atoms with Crippen LogP contribution in [-0.2, 0) is 30.4 Å². The molecule has 55 heavy (non-hydrogen) atoms. The molecule has 0 amide bonds. The van der Waals surface area contributed by atoms with Crippen molar-refractivity contribution >= 4 is 41.2 Å². The second-order valence-corrected chi connectivity index (χ2v) is 13.7. The van der Waals surface area contributed by atoms with E-state index in [1.165, 1.54) is 12.7 Å². The number of halogens is 4. The third kappa shape index (κ3) is 14.9. The van der Waals surface area contributed by atoms with Gasteiger partial charge in [0.15, 0.2) is 0 Å². The van der Waals surface area contributed by atoms with Gasteiger partial charge in [0.1, 0.15) is 56.8 Å². The molecule has 2 aromatic carbocycles. The van der Waals surface area contributed by atoms with Crippen molar-refractivity contribution in [3.05, 3.63) is 115 Å². The van der Waals surface area contributed by atoms with Crippen LogP contribution in [0.15, 0.2) is 87.7 Å². The van der Waals surface area contributed by atoms with Gasteiger partial charge in [0.05, 0.1) is 17.4 Å². The molecule has 1 atom stereocenters. The normalized spacial score (nSPS) is 10.8. The molecular formula is C41H49ClF3N2NiO6P. The number of hydrogen-bond donors (Lipinski definition) is 0. The van der Waals surface area contributed by atoms with Crippen molar-refractivity contribution in [2.24, 2.45) is 0 Å². The summed E-state index contributed by atoms with van der Waals surface area (Å²) in [5, 5.41) is 13.7. The number of carboxylic acids is 1. The molecule has 0 aromatic heterocycles. The number of nitrogens with zero attached hydrogens (tertiary/aromatic N) is 2. The second kappa shape index (κ2) is 23.9. The minimum absolute atomic E-state index is 0. The Morgan fingerprint density at radius 1 is 0.782 bits per heavy atom. The average Bonchev–Trinajstić information content (AvgIpc) is 3.09. The van der Waals surface area contributed by atoms with Gasteiger partial charge in [0, 0.05) is 41.1 Å². The van der Waals surface area contributed by atoms with Gasteiger partial charge in [-0.25, -0.2) is 9.15 Å². The van der Waals surface area contributed by atoms with Gasteiger partial charge in [-0.1, -0.05) is 38.1 Å². The van der Waals surface area contributed by atoms with Crippen LogP contribution in [0.1, 0.15) is 37.8 Å². The van der Waals surface area contributed by atoms with Crippen LogP contribution in [0.4, 0.5) is 13.2 Å². The van der Waals surface area contributed by atoms with Crippen LogP contribution in [0.2, 0.25) is 0 Å². The van der Waals surface area contributed by atoms with Crippen LogP contribution in [0.25, 0.3) is 44.6 Å². The van der Waals surface area contributed by atoms with Gasteiger partial charge in [0.2, 0.25) is 18.7 Å². The third-order valence-corrected chi connectivity index (χ3v) is 8.53. The Balaban J connectivity index is 0.000000794. The van der Waals surface area contributed by atoms with Crippen LogP contribution in [0.5, 0.6) is 0 Å². The van der Waals surface area contributed by atoms with Crippen molar-refractivity contribution in [3.63, 3.8) is 0 Å². The monoisotopic (exact) mass is 846 g/mol. The average molecular weight is 848 g/mol. The standard InChI is InChI=1S/C17H19NO3P.C16H16NO.2C3H7.C2HF3O2.ClH.Ni/c1-11-5-7-13-15(9-11)21-16-10-12(18(2)3)6-8-14(16)17(13)22(19)20-4;1-11-4-5-12-9-13-6-7-14(17(2)3)10-16(13)18-15(12)8-11;2*1-3-2;3-2(4,5)1(6)7;;/h5-10,22H,1-4H3;4-10H,1-3H3;2*1,3H2,2H3;(H,6,7);1H;/q2*+1;2*-1;;;+2/p-2. The van der Waals surface area contributed by atoms with Crippen LogP contribution in [0.3, 0.4) is 0 Å².